The number of nitrogens with one attached hydrogen (secondary N) is 2. The maximum Gasteiger partial charge on any atom is 0.317 e. The van der Waals surface area contributed by atoms with Gasteiger partial charge in [0.1, 0.15) is 6.54 Å². The summed E-state index contributed by atoms with van der Waals surface area (Å²) in [6.07, 6.45) is 0.342. The molecule has 0 aromatic carbocycles. The van der Waals surface area contributed by atoms with Crippen molar-refractivity contribution in [3.8, 4) is 0 Å². The summed E-state index contributed by atoms with van der Waals surface area (Å²) >= 11 is 0. The SMILES string of the molecule is COCCNC(=O)CN(C)C(=O)NCCC(C)C(=O)O. The standard InChI is InChI=1S/C12H23N3O5/c1-9(11(17)18)4-5-14-12(19)15(2)8-10(16)13-6-7-20-3/h9H,4-8H2,1-3H3,(H,13,16)(H,14,19)(H,17,18). The van der Waals surface area contributed by atoms with Gasteiger partial charge in [-0.2, -0.15) is 0 Å². The predicted molar refractivity (Wildman–Crippen MR) is 72.3 cm³/mol. The van der Waals surface area contributed by atoms with Crippen molar-refractivity contribution in [1.29, 1.82) is 0 Å². The third kappa shape index (κ3) is 8.30. The van der Waals surface area contributed by atoms with Crippen molar-refractivity contribution in [2.75, 3.05) is 40.4 Å². The first-order chi connectivity index (χ1) is 9.38. The minimum atomic E-state index is -0.898. The molecule has 0 aromatic heterocycles. The van der Waals surface area contributed by atoms with Crippen molar-refractivity contribution in [2.24, 2.45) is 5.92 Å². The second-order valence-electron chi connectivity index (χ2n) is 4.46. The highest BCUT2D eigenvalue weighted by Crippen LogP contribution is 1.99. The Kier molecular flexibility index (Phi) is 9.10. The van der Waals surface area contributed by atoms with Crippen LogP contribution in [0.5, 0.6) is 0 Å². The average Bonchev–Trinajstić information content (AvgIpc) is 2.38. The number of urea groups is 1. The molecule has 0 bridgehead atoms. The third-order valence-corrected chi connectivity index (χ3v) is 2.63. The molecule has 3 N–H and O–H groups in total. The molecule has 0 heterocycles. The Bertz CT molecular complexity index is 335. The van der Waals surface area contributed by atoms with Crippen molar-refractivity contribution in [2.45, 2.75) is 13.3 Å². The molecule has 0 saturated heterocycles. The van der Waals surface area contributed by atoms with Crippen molar-refractivity contribution in [3.05, 3.63) is 0 Å². The number of methoxy groups -OCH3 is 1. The minimum absolute atomic E-state index is 0.0654. The van der Waals surface area contributed by atoms with Gasteiger partial charge in [-0.1, -0.05) is 6.92 Å². The molecule has 0 fully saturated rings. The summed E-state index contributed by atoms with van der Waals surface area (Å²) in [6.45, 7) is 2.56. The fourth-order valence-corrected chi connectivity index (χ4v) is 1.29. The summed E-state index contributed by atoms with van der Waals surface area (Å²) < 4.78 is 4.78. The molecule has 8 nitrogen and oxygen atoms in total. The zero-order chi connectivity index (χ0) is 15.5. The smallest absolute Gasteiger partial charge is 0.317 e. The number of nitrogens with zero attached hydrogens (tertiary/aromatic N) is 1. The van der Waals surface area contributed by atoms with Gasteiger partial charge in [-0.15, -0.1) is 0 Å². The van der Waals surface area contributed by atoms with Gasteiger partial charge in [-0.3, -0.25) is 9.59 Å². The van der Waals surface area contributed by atoms with Crippen LogP contribution >= 0.6 is 0 Å². The van der Waals surface area contributed by atoms with Gasteiger partial charge in [0.2, 0.25) is 5.91 Å². The topological polar surface area (TPSA) is 108 Å². The lowest BCUT2D eigenvalue weighted by Crippen LogP contribution is -2.44. The molecule has 0 saturated carbocycles. The highest BCUT2D eigenvalue weighted by molar-refractivity contribution is 5.83. The highest BCUT2D eigenvalue weighted by atomic mass is 16.5. The van der Waals surface area contributed by atoms with Crippen LogP contribution in [-0.2, 0) is 14.3 Å². The van der Waals surface area contributed by atoms with Crippen molar-refractivity contribution < 1.29 is 24.2 Å². The van der Waals surface area contributed by atoms with E-state index >= 15 is 0 Å². The number of likely N-dealkylation sites (N-methyl/N-ethyl adjacent to an activating group) is 1. The van der Waals surface area contributed by atoms with Crippen LogP contribution in [0, 0.1) is 5.92 Å². The molecule has 3 amide bonds. The van der Waals surface area contributed by atoms with Gasteiger partial charge in [-0.05, 0) is 6.42 Å². The Morgan fingerprint density at radius 1 is 1.25 bits per heavy atom. The molecule has 8 heteroatoms. The quantitative estimate of drug-likeness (QED) is 0.496. The molecule has 20 heavy (non-hydrogen) atoms. The molecular weight excluding hydrogens is 266 g/mol. The van der Waals surface area contributed by atoms with E-state index in [1.807, 2.05) is 0 Å². The summed E-state index contributed by atoms with van der Waals surface area (Å²) in [6, 6.07) is -0.413. The van der Waals surface area contributed by atoms with Crippen LogP contribution < -0.4 is 10.6 Å². The van der Waals surface area contributed by atoms with E-state index in [9.17, 15) is 14.4 Å². The zero-order valence-electron chi connectivity index (χ0n) is 12.1. The number of carbonyl (C=O) groups is 3. The van der Waals surface area contributed by atoms with E-state index in [2.05, 4.69) is 10.6 Å². The number of rotatable bonds is 9. The van der Waals surface area contributed by atoms with Crippen LogP contribution in [0.1, 0.15) is 13.3 Å². The molecule has 0 aliphatic heterocycles. The van der Waals surface area contributed by atoms with E-state index in [1.54, 1.807) is 6.92 Å². The number of aliphatic carboxylic acids is 1. The first kappa shape index (κ1) is 18.2. The summed E-state index contributed by atoms with van der Waals surface area (Å²) in [4.78, 5) is 34.9. The Hall–Kier alpha value is -1.83. The molecule has 0 rings (SSSR count). The van der Waals surface area contributed by atoms with Gasteiger partial charge in [-0.25, -0.2) is 4.79 Å². The first-order valence-electron chi connectivity index (χ1n) is 6.35. The largest absolute Gasteiger partial charge is 0.481 e. The summed E-state index contributed by atoms with van der Waals surface area (Å²) in [5, 5.41) is 13.8. The van der Waals surface area contributed by atoms with E-state index in [4.69, 9.17) is 9.84 Å². The van der Waals surface area contributed by atoms with E-state index in [-0.39, 0.29) is 19.0 Å². The highest BCUT2D eigenvalue weighted by Gasteiger charge is 2.14. The molecule has 0 aliphatic carbocycles. The van der Waals surface area contributed by atoms with E-state index in [0.717, 1.165) is 0 Å². The number of amides is 3. The van der Waals surface area contributed by atoms with Crippen LogP contribution in [0.3, 0.4) is 0 Å². The van der Waals surface area contributed by atoms with Gasteiger partial charge in [0.05, 0.1) is 12.5 Å². The normalized spacial score (nSPS) is 11.6. The predicted octanol–water partition coefficient (Wildman–Crippen LogP) is -0.499. The molecule has 116 valence electrons. The summed E-state index contributed by atoms with van der Waals surface area (Å²) in [5.74, 6) is -1.69. The lowest BCUT2D eigenvalue weighted by molar-refractivity contribution is -0.141. The lowest BCUT2D eigenvalue weighted by Gasteiger charge is -2.18. The van der Waals surface area contributed by atoms with Gasteiger partial charge < -0.3 is 25.4 Å². The number of carboxylic acids is 1. The number of carboxylic acid groups (broad SMARTS) is 1. The number of hydrogen-bond donors (Lipinski definition) is 3. The molecule has 0 radical (unpaired) electrons. The maximum absolute atomic E-state index is 11.6. The fourth-order valence-electron chi connectivity index (χ4n) is 1.29. The van der Waals surface area contributed by atoms with Crippen LogP contribution in [0.25, 0.3) is 0 Å². The second kappa shape index (κ2) is 10.0. The summed E-state index contributed by atoms with van der Waals surface area (Å²) in [7, 11) is 3.02. The third-order valence-electron chi connectivity index (χ3n) is 2.63. The minimum Gasteiger partial charge on any atom is -0.481 e. The van der Waals surface area contributed by atoms with Gasteiger partial charge in [0.15, 0.2) is 0 Å². The molecular formula is C12H23N3O5. The average molecular weight is 289 g/mol. The fraction of sp³-hybridized carbons (Fsp3) is 0.750. The van der Waals surface area contributed by atoms with E-state index in [0.29, 0.717) is 19.6 Å². The van der Waals surface area contributed by atoms with E-state index in [1.165, 1.54) is 19.1 Å². The molecule has 0 aromatic rings. The van der Waals surface area contributed by atoms with Crippen LogP contribution in [0.2, 0.25) is 0 Å². The number of hydrogen-bond acceptors (Lipinski definition) is 4. The zero-order valence-corrected chi connectivity index (χ0v) is 12.1. The lowest BCUT2D eigenvalue weighted by atomic mass is 10.1. The summed E-state index contributed by atoms with van der Waals surface area (Å²) in [5.41, 5.74) is 0. The monoisotopic (exact) mass is 289 g/mol. The van der Waals surface area contributed by atoms with Crippen molar-refractivity contribution >= 4 is 17.9 Å². The Labute approximate surface area is 118 Å². The molecule has 0 spiro atoms. The van der Waals surface area contributed by atoms with Gasteiger partial charge in [0.25, 0.3) is 0 Å². The number of carbonyl (C=O) groups excluding carboxylic acids is 2. The Balaban J connectivity index is 3.86. The molecule has 0 aliphatic rings. The van der Waals surface area contributed by atoms with Gasteiger partial charge in [0, 0.05) is 27.2 Å². The van der Waals surface area contributed by atoms with Crippen molar-refractivity contribution in [3.63, 3.8) is 0 Å². The van der Waals surface area contributed by atoms with Crippen LogP contribution in [0.15, 0.2) is 0 Å². The van der Waals surface area contributed by atoms with Gasteiger partial charge >= 0.3 is 12.0 Å². The first-order valence-corrected chi connectivity index (χ1v) is 6.35. The maximum atomic E-state index is 11.6. The Morgan fingerprint density at radius 2 is 1.90 bits per heavy atom. The second-order valence-corrected chi connectivity index (χ2v) is 4.46. The number of ether oxygens (including phenoxy) is 1. The van der Waals surface area contributed by atoms with Crippen molar-refractivity contribution in [1.82, 2.24) is 15.5 Å². The molecule has 1 unspecified atom stereocenters. The Morgan fingerprint density at radius 3 is 2.45 bits per heavy atom. The van der Waals surface area contributed by atoms with E-state index < -0.39 is 17.9 Å². The van der Waals surface area contributed by atoms with Crippen LogP contribution in [-0.4, -0.2) is 68.3 Å². The molecule has 1 atom stereocenters. The van der Waals surface area contributed by atoms with Crippen LogP contribution in [0.4, 0.5) is 4.79 Å².